The third-order valence-corrected chi connectivity index (χ3v) is 2.80. The fraction of sp³-hybridized carbons (Fsp3) is 0.400. The van der Waals surface area contributed by atoms with Crippen molar-refractivity contribution in [1.29, 1.82) is 0 Å². The van der Waals surface area contributed by atoms with E-state index < -0.39 is 0 Å². The number of benzene rings is 1. The van der Waals surface area contributed by atoms with E-state index in [0.717, 1.165) is 11.8 Å². The van der Waals surface area contributed by atoms with Crippen LogP contribution in [0.3, 0.4) is 0 Å². The Labute approximate surface area is 80.9 Å². The van der Waals surface area contributed by atoms with Gasteiger partial charge in [0, 0.05) is 5.33 Å². The predicted molar refractivity (Wildman–Crippen MR) is 53.2 cm³/mol. The molecule has 0 N–H and O–H groups in total. The van der Waals surface area contributed by atoms with E-state index in [0.29, 0.717) is 5.92 Å². The second kappa shape index (κ2) is 4.61. The van der Waals surface area contributed by atoms with Crippen LogP contribution in [0.2, 0.25) is 0 Å². The third-order valence-electron chi connectivity index (χ3n) is 2.02. The van der Waals surface area contributed by atoms with Crippen LogP contribution in [0.5, 0.6) is 0 Å². The molecule has 66 valence electrons. The van der Waals surface area contributed by atoms with Crippen LogP contribution >= 0.6 is 15.9 Å². The summed E-state index contributed by atoms with van der Waals surface area (Å²) in [5, 5.41) is 0.940. The summed E-state index contributed by atoms with van der Waals surface area (Å²) in [4.78, 5) is 0. The zero-order valence-electron chi connectivity index (χ0n) is 7.06. The highest BCUT2D eigenvalue weighted by atomic mass is 79.9. The fourth-order valence-corrected chi connectivity index (χ4v) is 2.00. The van der Waals surface area contributed by atoms with E-state index in [1.807, 2.05) is 12.1 Å². The Hall–Kier alpha value is -0.370. The van der Waals surface area contributed by atoms with E-state index in [-0.39, 0.29) is 5.82 Å². The molecule has 0 aliphatic carbocycles. The molecule has 1 rings (SSSR count). The highest BCUT2D eigenvalue weighted by Crippen LogP contribution is 2.21. The molecule has 0 saturated carbocycles. The van der Waals surface area contributed by atoms with Gasteiger partial charge in [-0.3, -0.25) is 0 Å². The molecule has 2 heteroatoms. The molecular weight excluding hydrogens is 219 g/mol. The van der Waals surface area contributed by atoms with Crippen molar-refractivity contribution >= 4 is 15.9 Å². The summed E-state index contributed by atoms with van der Waals surface area (Å²) in [5.74, 6) is 0.341. The van der Waals surface area contributed by atoms with Crippen molar-refractivity contribution in [2.24, 2.45) is 0 Å². The summed E-state index contributed by atoms with van der Waals surface area (Å²) < 4.78 is 12.5. The van der Waals surface area contributed by atoms with Gasteiger partial charge in [0.25, 0.3) is 0 Å². The van der Waals surface area contributed by atoms with Crippen molar-refractivity contribution in [3.05, 3.63) is 35.6 Å². The number of halogens is 2. The van der Waals surface area contributed by atoms with Crippen LogP contribution in [0.15, 0.2) is 24.3 Å². The Morgan fingerprint density at radius 1 is 1.33 bits per heavy atom. The molecule has 0 amide bonds. The lowest BCUT2D eigenvalue weighted by Crippen LogP contribution is -1.97. The highest BCUT2D eigenvalue weighted by molar-refractivity contribution is 9.09. The average Bonchev–Trinajstić information content (AvgIpc) is 2.10. The normalized spacial score (nSPS) is 12.9. The third kappa shape index (κ3) is 2.31. The van der Waals surface area contributed by atoms with E-state index >= 15 is 0 Å². The van der Waals surface area contributed by atoms with Crippen molar-refractivity contribution in [3.8, 4) is 0 Å². The summed E-state index contributed by atoms with van der Waals surface area (Å²) in [6.07, 6.45) is 1.08. The number of alkyl halides is 1. The maximum Gasteiger partial charge on any atom is 0.123 e. The van der Waals surface area contributed by atoms with Crippen LogP contribution in [-0.4, -0.2) is 5.33 Å². The molecular formula is C10H12BrF. The Kier molecular flexibility index (Phi) is 3.73. The van der Waals surface area contributed by atoms with Crippen molar-refractivity contribution in [2.75, 3.05) is 5.33 Å². The van der Waals surface area contributed by atoms with Gasteiger partial charge in [-0.2, -0.15) is 0 Å². The summed E-state index contributed by atoms with van der Waals surface area (Å²) in [7, 11) is 0. The molecule has 1 aromatic carbocycles. The minimum absolute atomic E-state index is 0.164. The van der Waals surface area contributed by atoms with Gasteiger partial charge in [-0.15, -0.1) is 0 Å². The predicted octanol–water partition coefficient (Wildman–Crippen LogP) is 3.71. The SMILES string of the molecule is CCC(CBr)c1ccc(F)cc1. The van der Waals surface area contributed by atoms with Gasteiger partial charge in [-0.1, -0.05) is 35.0 Å². The quantitative estimate of drug-likeness (QED) is 0.695. The van der Waals surface area contributed by atoms with E-state index in [1.54, 1.807) is 0 Å². The molecule has 0 nitrogen and oxygen atoms in total. The first kappa shape index (κ1) is 9.72. The van der Waals surface area contributed by atoms with Gasteiger partial charge in [0.15, 0.2) is 0 Å². The Bertz CT molecular complexity index is 226. The second-order valence-corrected chi connectivity index (χ2v) is 3.46. The fourth-order valence-electron chi connectivity index (χ4n) is 1.17. The molecule has 0 aromatic heterocycles. The maximum atomic E-state index is 12.5. The summed E-state index contributed by atoms with van der Waals surface area (Å²) in [6.45, 7) is 2.13. The first-order valence-corrected chi connectivity index (χ1v) is 5.21. The van der Waals surface area contributed by atoms with Gasteiger partial charge in [-0.05, 0) is 30.0 Å². The summed E-state index contributed by atoms with van der Waals surface area (Å²) in [6, 6.07) is 6.73. The second-order valence-electron chi connectivity index (χ2n) is 2.81. The molecule has 0 radical (unpaired) electrons. The molecule has 12 heavy (non-hydrogen) atoms. The monoisotopic (exact) mass is 230 g/mol. The molecule has 0 aliphatic heterocycles. The molecule has 0 spiro atoms. The smallest absolute Gasteiger partial charge is 0.123 e. The maximum absolute atomic E-state index is 12.5. The minimum Gasteiger partial charge on any atom is -0.207 e. The highest BCUT2D eigenvalue weighted by Gasteiger charge is 2.06. The summed E-state index contributed by atoms with van der Waals surface area (Å²) >= 11 is 3.44. The largest absolute Gasteiger partial charge is 0.207 e. The van der Waals surface area contributed by atoms with E-state index in [1.165, 1.54) is 17.7 Å². The molecule has 0 fully saturated rings. The van der Waals surface area contributed by atoms with Crippen molar-refractivity contribution in [1.82, 2.24) is 0 Å². The van der Waals surface area contributed by atoms with Crippen LogP contribution in [0, 0.1) is 5.82 Å². The number of hydrogen-bond donors (Lipinski definition) is 0. The van der Waals surface area contributed by atoms with Gasteiger partial charge in [0.2, 0.25) is 0 Å². The molecule has 0 heterocycles. The van der Waals surface area contributed by atoms with Gasteiger partial charge in [0.1, 0.15) is 5.82 Å². The van der Waals surface area contributed by atoms with Crippen LogP contribution in [0.25, 0.3) is 0 Å². The van der Waals surface area contributed by atoms with Crippen molar-refractivity contribution in [2.45, 2.75) is 19.3 Å². The Morgan fingerprint density at radius 2 is 1.92 bits per heavy atom. The van der Waals surface area contributed by atoms with E-state index in [2.05, 4.69) is 22.9 Å². The minimum atomic E-state index is -0.164. The van der Waals surface area contributed by atoms with E-state index in [4.69, 9.17) is 0 Å². The lowest BCUT2D eigenvalue weighted by atomic mass is 9.99. The van der Waals surface area contributed by atoms with Crippen molar-refractivity contribution < 1.29 is 4.39 Å². The van der Waals surface area contributed by atoms with Crippen LogP contribution in [0.4, 0.5) is 4.39 Å². The Morgan fingerprint density at radius 3 is 2.33 bits per heavy atom. The Balaban J connectivity index is 2.80. The summed E-state index contributed by atoms with van der Waals surface area (Å²) in [5.41, 5.74) is 1.20. The molecule has 1 unspecified atom stereocenters. The molecule has 1 aromatic rings. The first-order chi connectivity index (χ1) is 5.77. The average molecular weight is 231 g/mol. The zero-order chi connectivity index (χ0) is 8.97. The topological polar surface area (TPSA) is 0 Å². The van der Waals surface area contributed by atoms with Crippen LogP contribution in [0.1, 0.15) is 24.8 Å². The lowest BCUT2D eigenvalue weighted by Gasteiger charge is -2.10. The van der Waals surface area contributed by atoms with Crippen molar-refractivity contribution in [3.63, 3.8) is 0 Å². The van der Waals surface area contributed by atoms with Gasteiger partial charge < -0.3 is 0 Å². The number of hydrogen-bond acceptors (Lipinski definition) is 0. The van der Waals surface area contributed by atoms with Crippen LogP contribution in [-0.2, 0) is 0 Å². The first-order valence-electron chi connectivity index (χ1n) is 4.09. The van der Waals surface area contributed by atoms with E-state index in [9.17, 15) is 4.39 Å². The molecule has 1 atom stereocenters. The van der Waals surface area contributed by atoms with Crippen LogP contribution < -0.4 is 0 Å². The number of rotatable bonds is 3. The van der Waals surface area contributed by atoms with Gasteiger partial charge >= 0.3 is 0 Å². The molecule has 0 aliphatic rings. The van der Waals surface area contributed by atoms with Gasteiger partial charge in [-0.25, -0.2) is 4.39 Å². The van der Waals surface area contributed by atoms with Gasteiger partial charge in [0.05, 0.1) is 0 Å². The molecule has 0 saturated heterocycles. The standard InChI is InChI=1S/C10H12BrF/c1-2-8(7-11)9-3-5-10(12)6-4-9/h3-6,8H,2,7H2,1H3. The lowest BCUT2D eigenvalue weighted by molar-refractivity contribution is 0.625. The molecule has 0 bridgehead atoms. The zero-order valence-corrected chi connectivity index (χ0v) is 8.64.